The summed E-state index contributed by atoms with van der Waals surface area (Å²) in [5.74, 6) is 0.280. The zero-order valence-corrected chi connectivity index (χ0v) is 13.4. The molecule has 0 bridgehead atoms. The second-order valence-corrected chi connectivity index (χ2v) is 6.99. The average molecular weight is 290 g/mol. The molecule has 21 heavy (non-hydrogen) atoms. The van der Waals surface area contributed by atoms with E-state index in [1.807, 2.05) is 20.8 Å². The fourth-order valence-corrected chi connectivity index (χ4v) is 2.69. The summed E-state index contributed by atoms with van der Waals surface area (Å²) in [5, 5.41) is 0. The van der Waals surface area contributed by atoms with E-state index in [0.29, 0.717) is 13.1 Å². The van der Waals surface area contributed by atoms with E-state index in [4.69, 9.17) is 10.5 Å². The molecule has 1 fully saturated rings. The third kappa shape index (κ3) is 4.46. The van der Waals surface area contributed by atoms with Gasteiger partial charge in [-0.2, -0.15) is 0 Å². The number of hydrogen-bond donors (Lipinski definition) is 1. The van der Waals surface area contributed by atoms with Gasteiger partial charge in [0.05, 0.1) is 0 Å². The van der Waals surface area contributed by atoms with Crippen LogP contribution in [-0.2, 0) is 4.74 Å². The summed E-state index contributed by atoms with van der Waals surface area (Å²) < 4.78 is 5.46. The maximum atomic E-state index is 12.2. The Morgan fingerprint density at radius 1 is 1.24 bits per heavy atom. The molecule has 1 heterocycles. The van der Waals surface area contributed by atoms with Crippen molar-refractivity contribution in [3.8, 4) is 0 Å². The van der Waals surface area contributed by atoms with E-state index in [2.05, 4.69) is 31.2 Å². The van der Waals surface area contributed by atoms with E-state index >= 15 is 0 Å². The van der Waals surface area contributed by atoms with Crippen LogP contribution in [0, 0.1) is 6.92 Å². The van der Waals surface area contributed by atoms with Crippen LogP contribution in [0.3, 0.4) is 0 Å². The van der Waals surface area contributed by atoms with E-state index in [1.165, 1.54) is 11.1 Å². The standard InChI is InChI=1S/C17H26N2O2/c1-12-5-7-13(8-6-12)14-9-15(18)11-19(10-14)16(20)21-17(2,3)4/h5-8,14-15H,9-11,18H2,1-4H3/t14-,15+/m1/s1. The highest BCUT2D eigenvalue weighted by atomic mass is 16.6. The fraction of sp³-hybridized carbons (Fsp3) is 0.588. The number of nitrogens with zero attached hydrogens (tertiary/aromatic N) is 1. The molecule has 1 aliphatic rings. The molecule has 1 amide bonds. The van der Waals surface area contributed by atoms with Crippen molar-refractivity contribution in [1.29, 1.82) is 0 Å². The molecular formula is C17H26N2O2. The molecule has 2 rings (SSSR count). The highest BCUT2D eigenvalue weighted by molar-refractivity contribution is 5.68. The first kappa shape index (κ1) is 15.8. The van der Waals surface area contributed by atoms with E-state index < -0.39 is 5.60 Å². The first-order valence-corrected chi connectivity index (χ1v) is 7.54. The molecule has 0 aromatic heterocycles. The number of nitrogens with two attached hydrogens (primary N) is 1. The Hall–Kier alpha value is -1.55. The lowest BCUT2D eigenvalue weighted by Gasteiger charge is -2.37. The summed E-state index contributed by atoms with van der Waals surface area (Å²) in [5.41, 5.74) is 8.14. The molecule has 4 heteroatoms. The van der Waals surface area contributed by atoms with Gasteiger partial charge in [0.15, 0.2) is 0 Å². The molecule has 0 unspecified atom stereocenters. The fourth-order valence-electron chi connectivity index (χ4n) is 2.69. The van der Waals surface area contributed by atoms with Crippen LogP contribution in [0.15, 0.2) is 24.3 Å². The van der Waals surface area contributed by atoms with Crippen LogP contribution < -0.4 is 5.73 Å². The molecule has 2 N–H and O–H groups in total. The molecule has 1 aliphatic heterocycles. The smallest absolute Gasteiger partial charge is 0.410 e. The van der Waals surface area contributed by atoms with Crippen molar-refractivity contribution < 1.29 is 9.53 Å². The number of aryl methyl sites for hydroxylation is 1. The SMILES string of the molecule is Cc1ccc([C@@H]2C[C@H](N)CN(C(=O)OC(C)(C)C)C2)cc1. The van der Waals surface area contributed by atoms with Gasteiger partial charge in [-0.25, -0.2) is 4.79 Å². The Bertz CT molecular complexity index is 491. The third-order valence-electron chi connectivity index (χ3n) is 3.68. The summed E-state index contributed by atoms with van der Waals surface area (Å²) >= 11 is 0. The lowest BCUT2D eigenvalue weighted by molar-refractivity contribution is 0.0181. The topological polar surface area (TPSA) is 55.6 Å². The molecule has 4 nitrogen and oxygen atoms in total. The van der Waals surface area contributed by atoms with Crippen molar-refractivity contribution in [2.45, 2.75) is 51.7 Å². The molecule has 0 spiro atoms. The number of rotatable bonds is 1. The first-order valence-electron chi connectivity index (χ1n) is 7.54. The zero-order chi connectivity index (χ0) is 15.6. The van der Waals surface area contributed by atoms with Crippen molar-refractivity contribution in [2.24, 2.45) is 5.73 Å². The van der Waals surface area contributed by atoms with Crippen LogP contribution in [0.25, 0.3) is 0 Å². The minimum atomic E-state index is -0.474. The number of piperidine rings is 1. The second-order valence-electron chi connectivity index (χ2n) is 6.99. The zero-order valence-electron chi connectivity index (χ0n) is 13.4. The van der Waals surface area contributed by atoms with Gasteiger partial charge in [0, 0.05) is 25.0 Å². The Labute approximate surface area is 127 Å². The molecule has 0 radical (unpaired) electrons. The normalized spacial score (nSPS) is 23.0. The highest BCUT2D eigenvalue weighted by Gasteiger charge is 2.31. The van der Waals surface area contributed by atoms with Gasteiger partial charge in [0.2, 0.25) is 0 Å². The monoisotopic (exact) mass is 290 g/mol. The van der Waals surface area contributed by atoms with Gasteiger partial charge < -0.3 is 15.4 Å². The van der Waals surface area contributed by atoms with Crippen molar-refractivity contribution in [3.63, 3.8) is 0 Å². The Kier molecular flexibility index (Phi) is 4.57. The molecule has 2 atom stereocenters. The van der Waals surface area contributed by atoms with Crippen molar-refractivity contribution in [2.75, 3.05) is 13.1 Å². The number of carbonyl (C=O) groups is 1. The Morgan fingerprint density at radius 2 is 1.86 bits per heavy atom. The summed E-state index contributed by atoms with van der Waals surface area (Å²) in [6.07, 6.45) is 0.636. The quantitative estimate of drug-likeness (QED) is 0.865. The average Bonchev–Trinajstić information content (AvgIpc) is 2.36. The molecule has 116 valence electrons. The van der Waals surface area contributed by atoms with Crippen LogP contribution in [0.5, 0.6) is 0 Å². The van der Waals surface area contributed by atoms with E-state index in [1.54, 1.807) is 4.90 Å². The molecular weight excluding hydrogens is 264 g/mol. The van der Waals surface area contributed by atoms with Crippen molar-refractivity contribution in [1.82, 2.24) is 4.90 Å². The predicted molar refractivity (Wildman–Crippen MR) is 84.3 cm³/mol. The van der Waals surface area contributed by atoms with Crippen LogP contribution in [0.4, 0.5) is 4.79 Å². The van der Waals surface area contributed by atoms with Crippen molar-refractivity contribution in [3.05, 3.63) is 35.4 Å². The summed E-state index contributed by atoms with van der Waals surface area (Å²) in [6, 6.07) is 8.47. The number of benzene rings is 1. The molecule has 1 aromatic rings. The summed E-state index contributed by atoms with van der Waals surface area (Å²) in [7, 11) is 0. The largest absolute Gasteiger partial charge is 0.444 e. The second kappa shape index (κ2) is 6.06. The van der Waals surface area contributed by atoms with E-state index in [0.717, 1.165) is 6.42 Å². The maximum absolute atomic E-state index is 12.2. The van der Waals surface area contributed by atoms with Gasteiger partial charge in [-0.15, -0.1) is 0 Å². The van der Waals surface area contributed by atoms with Crippen LogP contribution in [-0.4, -0.2) is 35.7 Å². The van der Waals surface area contributed by atoms with E-state index in [-0.39, 0.29) is 18.1 Å². The Balaban J connectivity index is 2.08. The molecule has 1 aromatic carbocycles. The van der Waals surface area contributed by atoms with Gasteiger partial charge in [0.1, 0.15) is 5.60 Å². The summed E-state index contributed by atoms with van der Waals surface area (Å²) in [4.78, 5) is 14.0. The van der Waals surface area contributed by atoms with Crippen LogP contribution in [0.2, 0.25) is 0 Å². The highest BCUT2D eigenvalue weighted by Crippen LogP contribution is 2.27. The lowest BCUT2D eigenvalue weighted by Crippen LogP contribution is -2.50. The van der Waals surface area contributed by atoms with Gasteiger partial charge in [0.25, 0.3) is 0 Å². The molecule has 0 saturated carbocycles. The van der Waals surface area contributed by atoms with Gasteiger partial charge in [-0.1, -0.05) is 29.8 Å². The van der Waals surface area contributed by atoms with E-state index in [9.17, 15) is 4.79 Å². The van der Waals surface area contributed by atoms with Crippen LogP contribution in [0.1, 0.15) is 44.2 Å². The lowest BCUT2D eigenvalue weighted by atomic mass is 9.88. The van der Waals surface area contributed by atoms with Crippen LogP contribution >= 0.6 is 0 Å². The van der Waals surface area contributed by atoms with Gasteiger partial charge >= 0.3 is 6.09 Å². The number of ether oxygens (including phenoxy) is 1. The Morgan fingerprint density at radius 3 is 2.43 bits per heavy atom. The number of likely N-dealkylation sites (tertiary alicyclic amines) is 1. The third-order valence-corrected chi connectivity index (χ3v) is 3.68. The summed E-state index contributed by atoms with van der Waals surface area (Å²) in [6.45, 7) is 8.96. The van der Waals surface area contributed by atoms with Gasteiger partial charge in [-0.05, 0) is 39.7 Å². The first-order chi connectivity index (χ1) is 9.74. The van der Waals surface area contributed by atoms with Gasteiger partial charge in [-0.3, -0.25) is 0 Å². The number of amides is 1. The minimum Gasteiger partial charge on any atom is -0.444 e. The predicted octanol–water partition coefficient (Wildman–Crippen LogP) is 3.05. The number of carbonyl (C=O) groups excluding carboxylic acids is 1. The maximum Gasteiger partial charge on any atom is 0.410 e. The molecule has 1 saturated heterocycles. The minimum absolute atomic E-state index is 0.00225. The van der Waals surface area contributed by atoms with Crippen molar-refractivity contribution >= 4 is 6.09 Å². The number of hydrogen-bond acceptors (Lipinski definition) is 3. The molecule has 0 aliphatic carbocycles.